The standard InChI is InChI=1S/C38H25N3S/c1-2-11-24(12-3-1)25-15-10-16-28(21-25)36-39-37(35-30-18-7-9-20-34(30)42-38(35)40-36)41-32-19-8-6-17-29(32)31-22-26-13-4-5-14-27(26)23-33(31)41/h1-6,8-17,19-23H,7,18H2. The third-order valence-corrected chi connectivity index (χ3v) is 9.56. The number of aromatic nitrogens is 3. The lowest BCUT2D eigenvalue weighted by atomic mass is 10.0. The number of benzene rings is 5. The summed E-state index contributed by atoms with van der Waals surface area (Å²) in [6.45, 7) is 0. The van der Waals surface area contributed by atoms with E-state index in [0.29, 0.717) is 0 Å². The molecular weight excluding hydrogens is 531 g/mol. The Morgan fingerprint density at radius 1 is 0.619 bits per heavy atom. The van der Waals surface area contributed by atoms with Crippen molar-refractivity contribution in [2.45, 2.75) is 12.8 Å². The van der Waals surface area contributed by atoms with Gasteiger partial charge in [0.2, 0.25) is 0 Å². The first-order chi connectivity index (χ1) is 20.8. The average molecular weight is 556 g/mol. The number of rotatable bonds is 3. The highest BCUT2D eigenvalue weighted by Gasteiger charge is 2.23. The molecule has 0 fully saturated rings. The maximum atomic E-state index is 5.44. The van der Waals surface area contributed by atoms with E-state index in [1.54, 1.807) is 11.3 Å². The van der Waals surface area contributed by atoms with Crippen molar-refractivity contribution in [3.63, 3.8) is 0 Å². The zero-order chi connectivity index (χ0) is 27.6. The maximum absolute atomic E-state index is 5.44. The molecule has 0 atom stereocenters. The van der Waals surface area contributed by atoms with E-state index in [1.165, 1.54) is 48.5 Å². The number of hydrogen-bond acceptors (Lipinski definition) is 3. The monoisotopic (exact) mass is 555 g/mol. The number of aryl methyl sites for hydroxylation is 1. The van der Waals surface area contributed by atoms with E-state index in [9.17, 15) is 0 Å². The predicted molar refractivity (Wildman–Crippen MR) is 177 cm³/mol. The van der Waals surface area contributed by atoms with Crippen LogP contribution in [-0.2, 0) is 6.42 Å². The first-order valence-electron chi connectivity index (χ1n) is 14.4. The first-order valence-corrected chi connectivity index (χ1v) is 15.2. The summed E-state index contributed by atoms with van der Waals surface area (Å²) < 4.78 is 2.39. The van der Waals surface area contributed by atoms with Crippen LogP contribution in [0, 0.1) is 0 Å². The SMILES string of the molecule is C1=Cc2sc3nc(-c4cccc(-c5ccccc5)c4)nc(-n4c5ccccc5c5cc6ccccc6cc54)c3c2CC1. The molecule has 198 valence electrons. The van der Waals surface area contributed by atoms with Gasteiger partial charge in [0.15, 0.2) is 11.6 Å². The molecule has 1 aliphatic carbocycles. The van der Waals surface area contributed by atoms with Gasteiger partial charge in [0.25, 0.3) is 0 Å². The number of allylic oxidation sites excluding steroid dienone is 1. The van der Waals surface area contributed by atoms with Crippen LogP contribution in [-0.4, -0.2) is 14.5 Å². The second kappa shape index (κ2) is 9.23. The molecule has 3 heterocycles. The van der Waals surface area contributed by atoms with Crippen LogP contribution >= 0.6 is 11.3 Å². The summed E-state index contributed by atoms with van der Waals surface area (Å²) in [5.74, 6) is 1.72. The Balaban J connectivity index is 1.39. The third kappa shape index (κ3) is 3.59. The Morgan fingerprint density at radius 2 is 1.38 bits per heavy atom. The Kier molecular flexibility index (Phi) is 5.19. The molecule has 8 aromatic rings. The zero-order valence-electron chi connectivity index (χ0n) is 22.8. The van der Waals surface area contributed by atoms with Crippen LogP contribution in [0.4, 0.5) is 0 Å². The molecule has 0 bridgehead atoms. The lowest BCUT2D eigenvalue weighted by Gasteiger charge is -2.14. The summed E-state index contributed by atoms with van der Waals surface area (Å²) in [6, 6.07) is 41.1. The second-order valence-corrected chi connectivity index (χ2v) is 12.0. The largest absolute Gasteiger partial charge is 0.293 e. The molecular formula is C38H25N3S. The molecule has 0 aliphatic heterocycles. The van der Waals surface area contributed by atoms with Crippen LogP contribution < -0.4 is 0 Å². The maximum Gasteiger partial charge on any atom is 0.163 e. The van der Waals surface area contributed by atoms with Crippen molar-refractivity contribution in [1.82, 2.24) is 14.5 Å². The Morgan fingerprint density at radius 3 is 2.29 bits per heavy atom. The summed E-state index contributed by atoms with van der Waals surface area (Å²) in [4.78, 5) is 13.0. The lowest BCUT2D eigenvalue weighted by Crippen LogP contribution is -2.03. The highest BCUT2D eigenvalue weighted by Crippen LogP contribution is 2.42. The van der Waals surface area contributed by atoms with Crippen molar-refractivity contribution in [1.29, 1.82) is 0 Å². The van der Waals surface area contributed by atoms with Gasteiger partial charge in [-0.05, 0) is 70.6 Å². The molecule has 3 aromatic heterocycles. The van der Waals surface area contributed by atoms with Crippen LogP contribution in [0.15, 0.2) is 121 Å². The van der Waals surface area contributed by atoms with Gasteiger partial charge in [-0.15, -0.1) is 11.3 Å². The highest BCUT2D eigenvalue weighted by molar-refractivity contribution is 7.19. The van der Waals surface area contributed by atoms with Crippen molar-refractivity contribution < 1.29 is 0 Å². The van der Waals surface area contributed by atoms with Gasteiger partial charge in [0.1, 0.15) is 4.83 Å². The number of thiophene rings is 1. The minimum atomic E-state index is 0.754. The fourth-order valence-corrected chi connectivity index (χ4v) is 7.65. The Bertz CT molecular complexity index is 2360. The second-order valence-electron chi connectivity index (χ2n) is 11.0. The van der Waals surface area contributed by atoms with Crippen LogP contribution in [0.5, 0.6) is 0 Å². The summed E-state index contributed by atoms with van der Waals surface area (Å²) in [7, 11) is 0. The van der Waals surface area contributed by atoms with E-state index >= 15 is 0 Å². The molecule has 42 heavy (non-hydrogen) atoms. The topological polar surface area (TPSA) is 30.7 Å². The normalized spacial score (nSPS) is 13.0. The van der Waals surface area contributed by atoms with E-state index in [0.717, 1.165) is 46.0 Å². The van der Waals surface area contributed by atoms with Crippen molar-refractivity contribution in [2.24, 2.45) is 0 Å². The summed E-state index contributed by atoms with van der Waals surface area (Å²) in [5.41, 5.74) is 7.07. The molecule has 0 spiro atoms. The van der Waals surface area contributed by atoms with Gasteiger partial charge < -0.3 is 0 Å². The fraction of sp³-hybridized carbons (Fsp3) is 0.0526. The van der Waals surface area contributed by atoms with Crippen molar-refractivity contribution >= 4 is 60.2 Å². The summed E-state index contributed by atoms with van der Waals surface area (Å²) in [5, 5.41) is 6.13. The molecule has 3 nitrogen and oxygen atoms in total. The molecule has 4 heteroatoms. The summed E-state index contributed by atoms with van der Waals surface area (Å²) >= 11 is 1.78. The van der Waals surface area contributed by atoms with Gasteiger partial charge in [0.05, 0.1) is 16.4 Å². The third-order valence-electron chi connectivity index (χ3n) is 8.47. The molecule has 1 aliphatic rings. The van der Waals surface area contributed by atoms with Gasteiger partial charge in [-0.3, -0.25) is 4.57 Å². The van der Waals surface area contributed by atoms with Crippen LogP contribution in [0.1, 0.15) is 16.9 Å². The predicted octanol–water partition coefficient (Wildman–Crippen LogP) is 10.2. The summed E-state index contributed by atoms with van der Waals surface area (Å²) in [6.07, 6.45) is 6.59. The molecule has 0 saturated carbocycles. The number of hydrogen-bond donors (Lipinski definition) is 0. The first kappa shape index (κ1) is 23.6. The number of para-hydroxylation sites is 1. The van der Waals surface area contributed by atoms with Gasteiger partial charge in [-0.25, -0.2) is 9.97 Å². The lowest BCUT2D eigenvalue weighted by molar-refractivity contribution is 0.996. The van der Waals surface area contributed by atoms with Gasteiger partial charge >= 0.3 is 0 Å². The van der Waals surface area contributed by atoms with E-state index in [2.05, 4.69) is 132 Å². The average Bonchev–Trinajstić information content (AvgIpc) is 3.59. The molecule has 0 radical (unpaired) electrons. The smallest absolute Gasteiger partial charge is 0.163 e. The molecule has 5 aromatic carbocycles. The number of fused-ring (bicyclic) bond motifs is 7. The van der Waals surface area contributed by atoms with Gasteiger partial charge in [0, 0.05) is 21.2 Å². The van der Waals surface area contributed by atoms with Gasteiger partial charge in [-0.2, -0.15) is 0 Å². The van der Waals surface area contributed by atoms with Crippen molar-refractivity contribution in [3.05, 3.63) is 132 Å². The van der Waals surface area contributed by atoms with E-state index in [4.69, 9.17) is 9.97 Å². The van der Waals surface area contributed by atoms with E-state index in [1.807, 2.05) is 0 Å². The van der Waals surface area contributed by atoms with Gasteiger partial charge in [-0.1, -0.05) is 97.1 Å². The van der Waals surface area contributed by atoms with Crippen LogP contribution in [0.3, 0.4) is 0 Å². The molecule has 0 unspecified atom stereocenters. The van der Waals surface area contributed by atoms with Crippen LogP contribution in [0.25, 0.3) is 77.2 Å². The Hall–Kier alpha value is -5.06. The molecule has 0 N–H and O–H groups in total. The molecule has 0 saturated heterocycles. The minimum absolute atomic E-state index is 0.754. The Labute approximate surface area is 247 Å². The fourth-order valence-electron chi connectivity index (χ4n) is 6.50. The highest BCUT2D eigenvalue weighted by atomic mass is 32.1. The van der Waals surface area contributed by atoms with Crippen molar-refractivity contribution in [2.75, 3.05) is 0 Å². The van der Waals surface area contributed by atoms with Crippen molar-refractivity contribution in [3.8, 4) is 28.3 Å². The quantitative estimate of drug-likeness (QED) is 0.217. The van der Waals surface area contributed by atoms with Crippen LogP contribution in [0.2, 0.25) is 0 Å². The zero-order valence-corrected chi connectivity index (χ0v) is 23.6. The molecule has 9 rings (SSSR count). The number of nitrogens with zero attached hydrogens (tertiary/aromatic N) is 3. The minimum Gasteiger partial charge on any atom is -0.293 e. The molecule has 0 amide bonds. The van der Waals surface area contributed by atoms with E-state index < -0.39 is 0 Å². The van der Waals surface area contributed by atoms with E-state index in [-0.39, 0.29) is 0 Å².